The second-order valence-electron chi connectivity index (χ2n) is 10.1. The van der Waals surface area contributed by atoms with Crippen molar-refractivity contribution in [1.82, 2.24) is 0 Å². The fourth-order valence-electron chi connectivity index (χ4n) is 4.47. The summed E-state index contributed by atoms with van der Waals surface area (Å²) in [5.74, 6) is -1.88. The summed E-state index contributed by atoms with van der Waals surface area (Å²) in [4.78, 5) is 22.9. The molecule has 0 aliphatic carbocycles. The van der Waals surface area contributed by atoms with Crippen molar-refractivity contribution in [2.45, 2.75) is 148 Å². The van der Waals surface area contributed by atoms with Crippen molar-refractivity contribution in [3.63, 3.8) is 0 Å². The number of carbonyl (C=O) groups is 2. The average molecular weight is 493 g/mol. The zero-order chi connectivity index (χ0) is 25.8. The summed E-state index contributed by atoms with van der Waals surface area (Å²) in [7, 11) is 0. The van der Waals surface area contributed by atoms with E-state index in [1.54, 1.807) is 0 Å². The predicted molar refractivity (Wildman–Crippen MR) is 149 cm³/mol. The highest BCUT2D eigenvalue weighted by atomic mass is 16.5. The molecule has 1 N–H and O–H groups in total. The molecule has 0 aromatic rings. The molecule has 0 rings (SSSR count). The molecule has 4 heteroatoms. The van der Waals surface area contributed by atoms with Crippen molar-refractivity contribution >= 4 is 11.9 Å². The van der Waals surface area contributed by atoms with Gasteiger partial charge in [-0.25, -0.2) is 0 Å². The van der Waals surface area contributed by atoms with Crippen LogP contribution in [0.25, 0.3) is 0 Å². The Hall–Kier alpha value is -1.58. The van der Waals surface area contributed by atoms with Crippen LogP contribution in [0, 0.1) is 5.92 Å². The fraction of sp³-hybridized carbons (Fsp3) is 0.806. The Labute approximate surface area is 217 Å². The molecule has 204 valence electrons. The molecule has 0 radical (unpaired) electrons. The number of esters is 1. The van der Waals surface area contributed by atoms with E-state index in [-0.39, 0.29) is 13.0 Å². The molecule has 0 saturated heterocycles. The maximum atomic E-state index is 11.9. The first-order chi connectivity index (χ1) is 17.1. The average Bonchev–Trinajstić information content (AvgIpc) is 2.84. The molecule has 0 fully saturated rings. The first-order valence-electron chi connectivity index (χ1n) is 14.8. The molecular weight excluding hydrogens is 436 g/mol. The molecule has 0 spiro atoms. The van der Waals surface area contributed by atoms with Gasteiger partial charge in [0.1, 0.15) is 6.61 Å². The van der Waals surface area contributed by atoms with Crippen molar-refractivity contribution in [3.8, 4) is 0 Å². The third kappa shape index (κ3) is 25.3. The number of hydrogen-bond donors (Lipinski definition) is 1. The normalized spacial score (nSPS) is 12.1. The van der Waals surface area contributed by atoms with E-state index in [1.807, 2.05) is 0 Å². The highest BCUT2D eigenvalue weighted by molar-refractivity contribution is 5.79. The smallest absolute Gasteiger partial charge is 0.309 e. The second-order valence-corrected chi connectivity index (χ2v) is 10.1. The minimum atomic E-state index is -0.943. The number of aliphatic carboxylic acids is 1. The van der Waals surface area contributed by atoms with Crippen LogP contribution in [0.3, 0.4) is 0 Å². The van der Waals surface area contributed by atoms with Crippen molar-refractivity contribution < 1.29 is 19.4 Å². The van der Waals surface area contributed by atoms with Crippen LogP contribution in [0.15, 0.2) is 24.8 Å². The molecule has 0 amide bonds. The number of ether oxygens (including phenoxy) is 1. The largest absolute Gasteiger partial charge is 0.481 e. The van der Waals surface area contributed by atoms with E-state index in [1.165, 1.54) is 115 Å². The van der Waals surface area contributed by atoms with E-state index in [2.05, 4.69) is 25.7 Å². The van der Waals surface area contributed by atoms with Gasteiger partial charge in [0.25, 0.3) is 0 Å². The summed E-state index contributed by atoms with van der Waals surface area (Å²) >= 11 is 0. The summed E-state index contributed by atoms with van der Waals surface area (Å²) in [6, 6.07) is 0. The lowest BCUT2D eigenvalue weighted by Crippen LogP contribution is -2.21. The third-order valence-electron chi connectivity index (χ3n) is 6.66. The second kappa shape index (κ2) is 27.0. The molecule has 0 saturated carbocycles. The molecule has 1 unspecified atom stereocenters. The number of rotatable bonds is 27. The standard InChI is InChI=1S/C31H56O4/c1-3-5-6-7-8-9-10-11-12-13-14-15-16-17-18-19-20-21-22-23-24-25-26-29(28-30(32)33)31(34)35-27-4-2/h4,8-9,29H,2-3,5-7,10-28H2,1H3,(H,32,33)/b9-8+. The van der Waals surface area contributed by atoms with Gasteiger partial charge < -0.3 is 9.84 Å². The molecule has 1 atom stereocenters. The fourth-order valence-corrected chi connectivity index (χ4v) is 4.47. The summed E-state index contributed by atoms with van der Waals surface area (Å²) < 4.78 is 5.03. The van der Waals surface area contributed by atoms with Gasteiger partial charge in [0.15, 0.2) is 0 Å². The van der Waals surface area contributed by atoms with E-state index in [0.29, 0.717) is 6.42 Å². The van der Waals surface area contributed by atoms with Gasteiger partial charge in [-0.3, -0.25) is 9.59 Å². The summed E-state index contributed by atoms with van der Waals surface area (Å²) in [5, 5.41) is 9.01. The van der Waals surface area contributed by atoms with Crippen LogP contribution in [-0.2, 0) is 14.3 Å². The first-order valence-corrected chi connectivity index (χ1v) is 14.8. The van der Waals surface area contributed by atoms with E-state index in [0.717, 1.165) is 19.3 Å². The number of hydrogen-bond acceptors (Lipinski definition) is 3. The highest BCUT2D eigenvalue weighted by Crippen LogP contribution is 2.18. The lowest BCUT2D eigenvalue weighted by Gasteiger charge is -2.13. The first kappa shape index (κ1) is 33.4. The zero-order valence-corrected chi connectivity index (χ0v) is 23.0. The molecule has 0 bridgehead atoms. The monoisotopic (exact) mass is 492 g/mol. The van der Waals surface area contributed by atoms with Gasteiger partial charge in [0, 0.05) is 0 Å². The van der Waals surface area contributed by atoms with E-state index >= 15 is 0 Å². The topological polar surface area (TPSA) is 63.6 Å². The van der Waals surface area contributed by atoms with Crippen molar-refractivity contribution in [2.75, 3.05) is 6.61 Å². The quantitative estimate of drug-likeness (QED) is 0.0704. The number of carboxylic acid groups (broad SMARTS) is 1. The molecule has 0 aromatic carbocycles. The lowest BCUT2D eigenvalue weighted by atomic mass is 9.97. The SMILES string of the molecule is C=CCOC(=O)C(CCCCCCCCCCCCCCCCC/C=C/CCCCC)CC(=O)O. The molecule has 0 heterocycles. The Bertz CT molecular complexity index is 526. The number of carboxylic acids is 1. The van der Waals surface area contributed by atoms with Gasteiger partial charge in [-0.15, -0.1) is 0 Å². The van der Waals surface area contributed by atoms with Crippen LogP contribution in [0.4, 0.5) is 0 Å². The van der Waals surface area contributed by atoms with Gasteiger partial charge in [0.05, 0.1) is 12.3 Å². The number of carbonyl (C=O) groups excluding carboxylic acids is 1. The van der Waals surface area contributed by atoms with Crippen LogP contribution in [0.1, 0.15) is 148 Å². The number of unbranched alkanes of at least 4 members (excludes halogenated alkanes) is 18. The molecular formula is C31H56O4. The van der Waals surface area contributed by atoms with Crippen molar-refractivity contribution in [2.24, 2.45) is 5.92 Å². The molecule has 0 aliphatic heterocycles. The van der Waals surface area contributed by atoms with Gasteiger partial charge in [-0.05, 0) is 32.1 Å². The Kier molecular flexibility index (Phi) is 25.8. The third-order valence-corrected chi connectivity index (χ3v) is 6.66. The molecule has 4 nitrogen and oxygen atoms in total. The highest BCUT2D eigenvalue weighted by Gasteiger charge is 2.22. The molecule has 35 heavy (non-hydrogen) atoms. The Morgan fingerprint density at radius 1 is 0.714 bits per heavy atom. The predicted octanol–water partition coefficient (Wildman–Crippen LogP) is 9.57. The molecule has 0 aliphatic rings. The van der Waals surface area contributed by atoms with Crippen LogP contribution in [0.5, 0.6) is 0 Å². The minimum Gasteiger partial charge on any atom is -0.481 e. The van der Waals surface area contributed by atoms with E-state index in [4.69, 9.17) is 9.84 Å². The summed E-state index contributed by atoms with van der Waals surface area (Å²) in [5.41, 5.74) is 0. The van der Waals surface area contributed by atoms with Crippen LogP contribution in [-0.4, -0.2) is 23.7 Å². The van der Waals surface area contributed by atoms with Crippen LogP contribution >= 0.6 is 0 Å². The Morgan fingerprint density at radius 2 is 1.14 bits per heavy atom. The van der Waals surface area contributed by atoms with Gasteiger partial charge in [-0.2, -0.15) is 0 Å². The molecule has 0 aromatic heterocycles. The summed E-state index contributed by atoms with van der Waals surface area (Å²) in [6.07, 6.45) is 32.7. The van der Waals surface area contributed by atoms with E-state index < -0.39 is 17.9 Å². The van der Waals surface area contributed by atoms with Gasteiger partial charge in [0.2, 0.25) is 0 Å². The van der Waals surface area contributed by atoms with Crippen LogP contribution in [0.2, 0.25) is 0 Å². The van der Waals surface area contributed by atoms with E-state index in [9.17, 15) is 9.59 Å². The maximum absolute atomic E-state index is 11.9. The van der Waals surface area contributed by atoms with Crippen LogP contribution < -0.4 is 0 Å². The maximum Gasteiger partial charge on any atom is 0.309 e. The van der Waals surface area contributed by atoms with Gasteiger partial charge in [-0.1, -0.05) is 134 Å². The van der Waals surface area contributed by atoms with Crippen molar-refractivity contribution in [1.29, 1.82) is 0 Å². The minimum absolute atomic E-state index is 0.145. The zero-order valence-electron chi connectivity index (χ0n) is 23.0. The Morgan fingerprint density at radius 3 is 1.57 bits per heavy atom. The van der Waals surface area contributed by atoms with Crippen molar-refractivity contribution in [3.05, 3.63) is 24.8 Å². The lowest BCUT2D eigenvalue weighted by molar-refractivity contribution is -0.152. The summed E-state index contributed by atoms with van der Waals surface area (Å²) in [6.45, 7) is 5.92. The number of allylic oxidation sites excluding steroid dienone is 2. The van der Waals surface area contributed by atoms with Gasteiger partial charge >= 0.3 is 11.9 Å². The Balaban J connectivity index is 3.39.